The highest BCUT2D eigenvalue weighted by Gasteiger charge is 2.30. The van der Waals surface area contributed by atoms with Gasteiger partial charge in [0.1, 0.15) is 19.3 Å². The lowest BCUT2D eigenvalue weighted by Crippen LogP contribution is -2.30. The van der Waals surface area contributed by atoms with Crippen LogP contribution in [0.4, 0.5) is 0 Å². The summed E-state index contributed by atoms with van der Waals surface area (Å²) >= 11 is 0. The van der Waals surface area contributed by atoms with Crippen molar-refractivity contribution in [3.63, 3.8) is 0 Å². The molecule has 0 aliphatic rings. The van der Waals surface area contributed by atoms with Gasteiger partial charge in [0.2, 0.25) is 0 Å². The number of unbranched alkanes of at least 4 members (excludes halogenated alkanes) is 21. The second-order valence-corrected chi connectivity index (χ2v) is 28.8. The van der Waals surface area contributed by atoms with E-state index in [-0.39, 0.29) is 25.7 Å². The van der Waals surface area contributed by atoms with Crippen molar-refractivity contribution in [1.82, 2.24) is 0 Å². The van der Waals surface area contributed by atoms with Crippen molar-refractivity contribution in [3.8, 4) is 0 Å². The van der Waals surface area contributed by atoms with E-state index in [1.165, 1.54) is 25.7 Å². The van der Waals surface area contributed by atoms with Crippen LogP contribution in [0.2, 0.25) is 0 Å². The summed E-state index contributed by atoms with van der Waals surface area (Å²) in [5.41, 5.74) is 0. The van der Waals surface area contributed by atoms with Gasteiger partial charge in [0.05, 0.1) is 26.4 Å². The van der Waals surface area contributed by atoms with Crippen LogP contribution in [-0.2, 0) is 65.4 Å². The standard InChI is InChI=1S/C85H140O17P2/c1-5-9-13-17-21-25-29-33-36-38-39-41-44-47-50-54-58-62-66-70-83(88)95-75-80(101-84(89)71-67-63-59-55-51-45-32-28-24-20-16-12-8-4)77-99-103(91,92)97-73-79(86)74-98-104(93,94)100-78-81(102-85(90)72-68-64-60-56-52-48-42-35-31-27-23-19-15-11-7-3)76-96-82(87)69-65-61-57-53-49-46-43-40-37-34-30-26-22-18-14-10-6-2/h9-11,13-15,21-23,25-28,32-37,39,41-43,46,52,56,79-81,86H,5-8,12,16-20,24,29-31,38,40,44-45,47-51,53-55,57-78H2,1-4H3,(H,91,92)(H,93,94)/b13-9-,14-10-,15-11-,25-21-,26-22-,27-23-,32-28-,36-33-,37-34-,41-39-,42-35-,46-43-,56-52-. The smallest absolute Gasteiger partial charge is 0.462 e. The van der Waals surface area contributed by atoms with Crippen LogP contribution in [0.1, 0.15) is 297 Å². The average Bonchev–Trinajstić information content (AvgIpc) is 0.939. The molecule has 0 amide bonds. The van der Waals surface area contributed by atoms with E-state index in [4.69, 9.17) is 37.0 Å². The van der Waals surface area contributed by atoms with Crippen molar-refractivity contribution in [3.05, 3.63) is 158 Å². The number of hydrogen-bond acceptors (Lipinski definition) is 15. The second kappa shape index (κ2) is 75.9. The minimum absolute atomic E-state index is 0.0318. The summed E-state index contributed by atoms with van der Waals surface area (Å²) in [4.78, 5) is 73.0. The maximum absolute atomic E-state index is 13.1. The number of aliphatic hydroxyl groups is 1. The Balaban J connectivity index is 5.42. The fourth-order valence-electron chi connectivity index (χ4n) is 10.0. The summed E-state index contributed by atoms with van der Waals surface area (Å²) in [5.74, 6) is -2.28. The van der Waals surface area contributed by atoms with Gasteiger partial charge in [-0.15, -0.1) is 0 Å². The highest BCUT2D eigenvalue weighted by atomic mass is 31.2. The molecule has 5 unspecified atom stereocenters. The van der Waals surface area contributed by atoms with Crippen LogP contribution in [0.15, 0.2) is 158 Å². The minimum Gasteiger partial charge on any atom is -0.462 e. The van der Waals surface area contributed by atoms with Gasteiger partial charge >= 0.3 is 39.5 Å². The number of allylic oxidation sites excluding steroid dienone is 26. The Kier molecular flexibility index (Phi) is 72.0. The quantitative estimate of drug-likeness (QED) is 0.0169. The molecule has 104 heavy (non-hydrogen) atoms. The molecule has 5 atom stereocenters. The van der Waals surface area contributed by atoms with E-state index in [9.17, 15) is 43.2 Å². The van der Waals surface area contributed by atoms with Crippen molar-refractivity contribution in [2.75, 3.05) is 39.6 Å². The summed E-state index contributed by atoms with van der Waals surface area (Å²) in [6.45, 7) is 4.41. The second-order valence-electron chi connectivity index (χ2n) is 25.9. The number of carbonyl (C=O) groups is 4. The molecule has 0 saturated carbocycles. The molecule has 0 saturated heterocycles. The van der Waals surface area contributed by atoms with E-state index in [0.717, 1.165) is 186 Å². The Labute approximate surface area is 629 Å². The van der Waals surface area contributed by atoms with Gasteiger partial charge in [0, 0.05) is 25.7 Å². The molecule has 0 fully saturated rings. The zero-order valence-electron chi connectivity index (χ0n) is 64.6. The van der Waals surface area contributed by atoms with Gasteiger partial charge in [-0.1, -0.05) is 263 Å². The highest BCUT2D eigenvalue weighted by Crippen LogP contribution is 2.45. The van der Waals surface area contributed by atoms with Crippen molar-refractivity contribution < 1.29 is 80.2 Å². The topological polar surface area (TPSA) is 237 Å². The maximum atomic E-state index is 13.1. The van der Waals surface area contributed by atoms with Gasteiger partial charge in [-0.3, -0.25) is 37.3 Å². The van der Waals surface area contributed by atoms with Gasteiger partial charge in [0.15, 0.2) is 12.2 Å². The number of ether oxygens (including phenoxy) is 4. The predicted octanol–water partition coefficient (Wildman–Crippen LogP) is 23.2. The van der Waals surface area contributed by atoms with Crippen molar-refractivity contribution in [2.45, 2.75) is 316 Å². The lowest BCUT2D eigenvalue weighted by Gasteiger charge is -2.21. The van der Waals surface area contributed by atoms with Crippen LogP contribution in [0.25, 0.3) is 0 Å². The molecule has 0 bridgehead atoms. The zero-order chi connectivity index (χ0) is 76.0. The molecule has 0 aromatic heterocycles. The lowest BCUT2D eigenvalue weighted by atomic mass is 10.1. The van der Waals surface area contributed by atoms with Gasteiger partial charge in [-0.25, -0.2) is 9.13 Å². The zero-order valence-corrected chi connectivity index (χ0v) is 66.4. The van der Waals surface area contributed by atoms with E-state index in [1.807, 2.05) is 0 Å². The van der Waals surface area contributed by atoms with E-state index < -0.39 is 97.5 Å². The molecule has 3 N–H and O–H groups in total. The van der Waals surface area contributed by atoms with Crippen molar-refractivity contribution in [2.24, 2.45) is 0 Å². The van der Waals surface area contributed by atoms with Crippen LogP contribution in [0.3, 0.4) is 0 Å². The summed E-state index contributed by atoms with van der Waals surface area (Å²) in [5, 5.41) is 10.6. The fraction of sp³-hybridized carbons (Fsp3) is 0.647. The Morgan fingerprint density at radius 3 is 0.798 bits per heavy atom. The summed E-state index contributed by atoms with van der Waals surface area (Å²) in [6, 6.07) is 0. The monoisotopic (exact) mass is 1490 g/mol. The molecule has 0 rings (SSSR count). The van der Waals surface area contributed by atoms with Crippen LogP contribution in [-0.4, -0.2) is 96.7 Å². The fourth-order valence-corrected chi connectivity index (χ4v) is 11.6. The Hall–Kier alpha value is -5.32. The van der Waals surface area contributed by atoms with Gasteiger partial charge in [-0.05, 0) is 167 Å². The molecule has 592 valence electrons. The number of aliphatic hydroxyl groups excluding tert-OH is 1. The SMILES string of the molecule is CC/C=C\C/C=C\C/C=C\C/C=C\CCCCCCCCC(=O)OCC(COP(=O)(O)OCC(O)COP(=O)(O)OCC(COC(=O)CCCCCC/C=C\C/C=C\C/C=C\C/C=C\CC)OC(=O)CCCC/C=C\C/C=C\C/C=C\C/C=C\CC)OC(=O)CCCCCCC/C=C\CCCCCC. The van der Waals surface area contributed by atoms with Crippen LogP contribution in [0, 0.1) is 0 Å². The molecule has 0 aliphatic heterocycles. The van der Waals surface area contributed by atoms with Crippen LogP contribution in [0.5, 0.6) is 0 Å². The predicted molar refractivity (Wildman–Crippen MR) is 427 cm³/mol. The lowest BCUT2D eigenvalue weighted by molar-refractivity contribution is -0.161. The number of phosphoric ester groups is 2. The molecule has 0 spiro atoms. The van der Waals surface area contributed by atoms with Crippen molar-refractivity contribution >= 4 is 39.5 Å². The first-order chi connectivity index (χ1) is 50.7. The van der Waals surface area contributed by atoms with Gasteiger partial charge < -0.3 is 33.8 Å². The molecule has 0 aliphatic carbocycles. The first kappa shape index (κ1) is 98.7. The summed E-state index contributed by atoms with van der Waals surface area (Å²) in [6.07, 6.45) is 88.0. The minimum atomic E-state index is -5.00. The number of esters is 4. The Bertz CT molecular complexity index is 2590. The van der Waals surface area contributed by atoms with E-state index in [0.29, 0.717) is 32.1 Å². The molecular formula is C85H140O17P2. The molecule has 0 radical (unpaired) electrons. The van der Waals surface area contributed by atoms with Gasteiger partial charge in [-0.2, -0.15) is 0 Å². The van der Waals surface area contributed by atoms with Crippen molar-refractivity contribution in [1.29, 1.82) is 0 Å². The highest BCUT2D eigenvalue weighted by molar-refractivity contribution is 7.47. The van der Waals surface area contributed by atoms with E-state index in [1.54, 1.807) is 0 Å². The third-order valence-corrected chi connectivity index (χ3v) is 17.9. The maximum Gasteiger partial charge on any atom is 0.472 e. The van der Waals surface area contributed by atoms with Gasteiger partial charge in [0.25, 0.3) is 0 Å². The van der Waals surface area contributed by atoms with Crippen LogP contribution >= 0.6 is 15.6 Å². The molecule has 0 aromatic carbocycles. The number of rotatable bonds is 73. The first-order valence-electron chi connectivity index (χ1n) is 39.7. The number of carbonyl (C=O) groups excluding carboxylic acids is 4. The molecule has 19 heteroatoms. The first-order valence-corrected chi connectivity index (χ1v) is 42.7. The number of phosphoric acid groups is 2. The number of hydrogen-bond donors (Lipinski definition) is 3. The largest absolute Gasteiger partial charge is 0.472 e. The normalized spacial score (nSPS) is 14.7. The van der Waals surface area contributed by atoms with Crippen LogP contribution < -0.4 is 0 Å². The molecular weight excluding hydrogens is 1350 g/mol. The average molecular weight is 1500 g/mol. The van der Waals surface area contributed by atoms with E-state index in [2.05, 4.69) is 186 Å². The molecule has 17 nitrogen and oxygen atoms in total. The summed E-state index contributed by atoms with van der Waals surface area (Å²) in [7, 11) is -9.99. The molecule has 0 aromatic rings. The Morgan fingerprint density at radius 1 is 0.279 bits per heavy atom. The summed E-state index contributed by atoms with van der Waals surface area (Å²) < 4.78 is 68.5. The third kappa shape index (κ3) is 74.9. The van der Waals surface area contributed by atoms with E-state index >= 15 is 0 Å². The molecule has 0 heterocycles. The third-order valence-electron chi connectivity index (χ3n) is 16.0. The Morgan fingerprint density at radius 2 is 0.500 bits per heavy atom.